The van der Waals surface area contributed by atoms with E-state index in [0.717, 1.165) is 6.07 Å². The molecule has 6 nitrogen and oxygen atoms in total. The Balaban J connectivity index is 2.72. The lowest BCUT2D eigenvalue weighted by atomic mass is 10.3. The summed E-state index contributed by atoms with van der Waals surface area (Å²) in [5, 5.41) is 0. The smallest absolute Gasteiger partial charge is 0.299 e. The zero-order valence-corrected chi connectivity index (χ0v) is 10.1. The number of ether oxygens (including phenoxy) is 1. The van der Waals surface area contributed by atoms with Gasteiger partial charge in [-0.1, -0.05) is 0 Å². The molecule has 0 heterocycles. The number of hydrogen-bond donors (Lipinski definition) is 3. The summed E-state index contributed by atoms with van der Waals surface area (Å²) < 4.78 is 45.1. The monoisotopic (exact) mass is 263 g/mol. The topological polar surface area (TPSA) is 93.4 Å². The van der Waals surface area contributed by atoms with Crippen molar-refractivity contribution in [2.75, 3.05) is 30.7 Å². The third kappa shape index (κ3) is 4.55. The Morgan fingerprint density at radius 3 is 2.82 bits per heavy atom. The predicted octanol–water partition coefficient (Wildman–Crippen LogP) is 0.301. The van der Waals surface area contributed by atoms with Crippen molar-refractivity contribution >= 4 is 21.6 Å². The summed E-state index contributed by atoms with van der Waals surface area (Å²) in [6.07, 6.45) is 0. The predicted molar refractivity (Wildman–Crippen MR) is 63.2 cm³/mol. The molecule has 1 rings (SSSR count). The molecule has 0 unspecified atom stereocenters. The van der Waals surface area contributed by atoms with Crippen LogP contribution in [0.2, 0.25) is 0 Å². The number of anilines is 2. The van der Waals surface area contributed by atoms with Gasteiger partial charge in [0.05, 0.1) is 12.3 Å². The van der Waals surface area contributed by atoms with Gasteiger partial charge in [-0.15, -0.1) is 0 Å². The van der Waals surface area contributed by atoms with E-state index in [2.05, 4.69) is 9.46 Å². The molecule has 0 aliphatic rings. The van der Waals surface area contributed by atoms with Gasteiger partial charge in [-0.25, -0.2) is 4.39 Å². The van der Waals surface area contributed by atoms with E-state index in [4.69, 9.17) is 5.73 Å². The van der Waals surface area contributed by atoms with Gasteiger partial charge in [-0.05, 0) is 18.2 Å². The maximum Gasteiger partial charge on any atom is 0.299 e. The van der Waals surface area contributed by atoms with Gasteiger partial charge in [0.15, 0.2) is 0 Å². The summed E-state index contributed by atoms with van der Waals surface area (Å²) in [7, 11) is -2.38. The standard InChI is InChI=1S/C9H14FN3O3S/c1-16-5-4-12-17(14,15)13-9-6-7(11)2-3-8(9)10/h2-3,6,12-13H,4-5,11H2,1H3. The summed E-state index contributed by atoms with van der Waals surface area (Å²) in [5.41, 5.74) is 5.49. The van der Waals surface area contributed by atoms with Crippen LogP contribution in [0.25, 0.3) is 0 Å². The average Bonchev–Trinajstić information content (AvgIpc) is 2.23. The van der Waals surface area contributed by atoms with Gasteiger partial charge in [0, 0.05) is 19.3 Å². The zero-order valence-electron chi connectivity index (χ0n) is 9.23. The van der Waals surface area contributed by atoms with Crippen molar-refractivity contribution in [1.82, 2.24) is 4.72 Å². The minimum atomic E-state index is -3.82. The van der Waals surface area contributed by atoms with Crippen LogP contribution in [0, 0.1) is 5.82 Å². The molecule has 0 aliphatic heterocycles. The summed E-state index contributed by atoms with van der Waals surface area (Å²) in [5.74, 6) is -0.698. The quantitative estimate of drug-likeness (QED) is 0.508. The van der Waals surface area contributed by atoms with Crippen molar-refractivity contribution < 1.29 is 17.5 Å². The molecule has 0 saturated heterocycles. The van der Waals surface area contributed by atoms with E-state index in [-0.39, 0.29) is 24.5 Å². The minimum Gasteiger partial charge on any atom is -0.399 e. The Hall–Kier alpha value is -1.38. The SMILES string of the molecule is COCCNS(=O)(=O)Nc1cc(N)ccc1F. The fourth-order valence-electron chi connectivity index (χ4n) is 1.08. The lowest BCUT2D eigenvalue weighted by Crippen LogP contribution is -2.32. The van der Waals surface area contributed by atoms with E-state index in [1.165, 1.54) is 19.2 Å². The second kappa shape index (κ2) is 5.80. The van der Waals surface area contributed by atoms with Crippen molar-refractivity contribution in [3.63, 3.8) is 0 Å². The highest BCUT2D eigenvalue weighted by Gasteiger charge is 2.12. The average molecular weight is 263 g/mol. The lowest BCUT2D eigenvalue weighted by molar-refractivity contribution is 0.204. The molecule has 96 valence electrons. The van der Waals surface area contributed by atoms with Gasteiger partial charge >= 0.3 is 0 Å². The fraction of sp³-hybridized carbons (Fsp3) is 0.333. The van der Waals surface area contributed by atoms with Crippen molar-refractivity contribution in [2.45, 2.75) is 0 Å². The number of nitrogen functional groups attached to an aromatic ring is 1. The molecule has 4 N–H and O–H groups in total. The largest absolute Gasteiger partial charge is 0.399 e. The Morgan fingerprint density at radius 2 is 2.18 bits per heavy atom. The van der Waals surface area contributed by atoms with E-state index in [1.807, 2.05) is 4.72 Å². The van der Waals surface area contributed by atoms with Crippen LogP contribution in [-0.2, 0) is 14.9 Å². The number of nitrogens with one attached hydrogen (secondary N) is 2. The Bertz CT molecular complexity index is 478. The molecule has 0 saturated carbocycles. The molecule has 17 heavy (non-hydrogen) atoms. The summed E-state index contributed by atoms with van der Waals surface area (Å²) in [4.78, 5) is 0. The summed E-state index contributed by atoms with van der Waals surface area (Å²) in [6.45, 7) is 0.316. The van der Waals surface area contributed by atoms with Crippen LogP contribution in [-0.4, -0.2) is 28.7 Å². The first-order valence-corrected chi connectivity index (χ1v) is 6.24. The Morgan fingerprint density at radius 1 is 1.47 bits per heavy atom. The first kappa shape index (κ1) is 13.7. The van der Waals surface area contributed by atoms with Gasteiger partial charge in [0.2, 0.25) is 0 Å². The minimum absolute atomic E-state index is 0.0930. The second-order valence-electron chi connectivity index (χ2n) is 3.23. The molecule has 0 spiro atoms. The molecule has 0 aliphatic carbocycles. The van der Waals surface area contributed by atoms with Crippen molar-refractivity contribution in [2.24, 2.45) is 0 Å². The van der Waals surface area contributed by atoms with Crippen molar-refractivity contribution in [3.05, 3.63) is 24.0 Å². The van der Waals surface area contributed by atoms with Crippen LogP contribution >= 0.6 is 0 Å². The van der Waals surface area contributed by atoms with E-state index >= 15 is 0 Å². The molecule has 0 amide bonds. The third-order valence-corrected chi connectivity index (χ3v) is 2.91. The number of rotatable bonds is 6. The first-order chi connectivity index (χ1) is 7.94. The molecule has 8 heteroatoms. The van der Waals surface area contributed by atoms with Crippen LogP contribution < -0.4 is 15.2 Å². The first-order valence-electron chi connectivity index (χ1n) is 4.76. The zero-order chi connectivity index (χ0) is 12.9. The third-order valence-electron chi connectivity index (χ3n) is 1.83. The van der Waals surface area contributed by atoms with Crippen LogP contribution in [0.15, 0.2) is 18.2 Å². The van der Waals surface area contributed by atoms with Crippen LogP contribution in [0.1, 0.15) is 0 Å². The molecule has 0 bridgehead atoms. The molecule has 0 aromatic heterocycles. The summed E-state index contributed by atoms with van der Waals surface area (Å²) in [6, 6.07) is 3.62. The maximum absolute atomic E-state index is 13.3. The maximum atomic E-state index is 13.3. The molecule has 0 radical (unpaired) electrons. The van der Waals surface area contributed by atoms with Gasteiger partial charge in [0.25, 0.3) is 10.2 Å². The number of halogens is 1. The highest BCUT2D eigenvalue weighted by atomic mass is 32.2. The van der Waals surface area contributed by atoms with Crippen LogP contribution in [0.3, 0.4) is 0 Å². The fourth-order valence-corrected chi connectivity index (χ4v) is 1.95. The normalized spacial score (nSPS) is 11.4. The molecule has 0 fully saturated rings. The van der Waals surface area contributed by atoms with Crippen LogP contribution in [0.4, 0.5) is 15.8 Å². The molecule has 0 atom stereocenters. The van der Waals surface area contributed by atoms with Gasteiger partial charge in [0.1, 0.15) is 5.82 Å². The highest BCUT2D eigenvalue weighted by Crippen LogP contribution is 2.18. The van der Waals surface area contributed by atoms with Crippen LogP contribution in [0.5, 0.6) is 0 Å². The summed E-state index contributed by atoms with van der Waals surface area (Å²) >= 11 is 0. The van der Waals surface area contributed by atoms with Gasteiger partial charge in [-0.2, -0.15) is 13.1 Å². The highest BCUT2D eigenvalue weighted by molar-refractivity contribution is 7.90. The van der Waals surface area contributed by atoms with E-state index < -0.39 is 16.0 Å². The van der Waals surface area contributed by atoms with Gasteiger partial charge < -0.3 is 10.5 Å². The number of nitrogens with two attached hydrogens (primary N) is 1. The number of benzene rings is 1. The second-order valence-corrected chi connectivity index (χ2v) is 4.73. The molecular weight excluding hydrogens is 249 g/mol. The van der Waals surface area contributed by atoms with E-state index in [1.54, 1.807) is 0 Å². The lowest BCUT2D eigenvalue weighted by Gasteiger charge is -2.10. The molecule has 1 aromatic rings. The Kier molecular flexibility index (Phi) is 4.67. The van der Waals surface area contributed by atoms with Crippen molar-refractivity contribution in [1.29, 1.82) is 0 Å². The number of methoxy groups -OCH3 is 1. The van der Waals surface area contributed by atoms with Gasteiger partial charge in [-0.3, -0.25) is 4.72 Å². The Labute approximate surface area is 99.1 Å². The number of hydrogen-bond acceptors (Lipinski definition) is 4. The van der Waals surface area contributed by atoms with E-state index in [0.29, 0.717) is 0 Å². The van der Waals surface area contributed by atoms with E-state index in [9.17, 15) is 12.8 Å². The van der Waals surface area contributed by atoms with Crippen molar-refractivity contribution in [3.8, 4) is 0 Å². The molecular formula is C9H14FN3O3S. The molecule has 1 aromatic carbocycles.